The SMILES string of the molecule is CCOc1ccccc1CCC(=O)N1CCNCC1c1ccccc1OC. The van der Waals surface area contributed by atoms with Crippen molar-refractivity contribution in [3.8, 4) is 11.5 Å². The van der Waals surface area contributed by atoms with Gasteiger partial charge in [-0.1, -0.05) is 36.4 Å². The molecule has 1 N–H and O–H groups in total. The summed E-state index contributed by atoms with van der Waals surface area (Å²) in [5.41, 5.74) is 2.13. The van der Waals surface area contributed by atoms with E-state index in [2.05, 4.69) is 5.32 Å². The van der Waals surface area contributed by atoms with Crippen LogP contribution < -0.4 is 14.8 Å². The Balaban J connectivity index is 1.72. The minimum Gasteiger partial charge on any atom is -0.496 e. The lowest BCUT2D eigenvalue weighted by Gasteiger charge is -2.37. The molecule has 1 aliphatic heterocycles. The van der Waals surface area contributed by atoms with Crippen molar-refractivity contribution in [2.24, 2.45) is 0 Å². The van der Waals surface area contributed by atoms with Crippen LogP contribution in [0.5, 0.6) is 11.5 Å². The van der Waals surface area contributed by atoms with Crippen LogP contribution in [0.25, 0.3) is 0 Å². The monoisotopic (exact) mass is 368 g/mol. The Morgan fingerprint density at radius 3 is 2.67 bits per heavy atom. The van der Waals surface area contributed by atoms with Crippen LogP contribution in [-0.4, -0.2) is 44.2 Å². The lowest BCUT2D eigenvalue weighted by Crippen LogP contribution is -2.48. The Labute approximate surface area is 161 Å². The van der Waals surface area contributed by atoms with Gasteiger partial charge >= 0.3 is 0 Å². The van der Waals surface area contributed by atoms with E-state index in [1.807, 2.05) is 60.4 Å². The topological polar surface area (TPSA) is 50.8 Å². The number of nitrogens with one attached hydrogen (secondary N) is 1. The van der Waals surface area contributed by atoms with Crippen LogP contribution in [0.1, 0.15) is 30.5 Å². The first-order valence-electron chi connectivity index (χ1n) is 9.58. The van der Waals surface area contributed by atoms with Gasteiger partial charge in [-0.2, -0.15) is 0 Å². The minimum atomic E-state index is -0.00969. The first-order chi connectivity index (χ1) is 13.2. The first-order valence-corrected chi connectivity index (χ1v) is 9.58. The zero-order valence-corrected chi connectivity index (χ0v) is 16.1. The van der Waals surface area contributed by atoms with Crippen LogP contribution >= 0.6 is 0 Å². The first kappa shape index (κ1) is 19.2. The average molecular weight is 368 g/mol. The van der Waals surface area contributed by atoms with E-state index >= 15 is 0 Å². The smallest absolute Gasteiger partial charge is 0.223 e. The maximum atomic E-state index is 13.0. The molecule has 1 heterocycles. The van der Waals surface area contributed by atoms with Gasteiger partial charge in [0.2, 0.25) is 5.91 Å². The molecule has 0 aliphatic carbocycles. The molecule has 0 aromatic heterocycles. The number of piperazine rings is 1. The van der Waals surface area contributed by atoms with Crippen LogP contribution in [0.2, 0.25) is 0 Å². The highest BCUT2D eigenvalue weighted by atomic mass is 16.5. The van der Waals surface area contributed by atoms with E-state index in [1.54, 1.807) is 7.11 Å². The number of benzene rings is 2. The van der Waals surface area contributed by atoms with Crippen LogP contribution in [0.4, 0.5) is 0 Å². The summed E-state index contributed by atoms with van der Waals surface area (Å²) in [5.74, 6) is 1.86. The number of amides is 1. The highest BCUT2D eigenvalue weighted by Crippen LogP contribution is 2.31. The van der Waals surface area contributed by atoms with Gasteiger partial charge in [-0.15, -0.1) is 0 Å². The number of hydrogen-bond donors (Lipinski definition) is 1. The fraction of sp³-hybridized carbons (Fsp3) is 0.409. The van der Waals surface area contributed by atoms with E-state index < -0.39 is 0 Å². The molecule has 5 nitrogen and oxygen atoms in total. The molecule has 3 rings (SSSR count). The van der Waals surface area contributed by atoms with Crippen molar-refractivity contribution in [1.29, 1.82) is 0 Å². The summed E-state index contributed by atoms with van der Waals surface area (Å²) in [6.07, 6.45) is 1.15. The van der Waals surface area contributed by atoms with Crippen molar-refractivity contribution in [2.45, 2.75) is 25.8 Å². The molecule has 1 fully saturated rings. The highest BCUT2D eigenvalue weighted by molar-refractivity contribution is 5.77. The molecule has 1 aliphatic rings. The van der Waals surface area contributed by atoms with Crippen molar-refractivity contribution in [3.05, 3.63) is 59.7 Å². The number of methoxy groups -OCH3 is 1. The molecule has 27 heavy (non-hydrogen) atoms. The summed E-state index contributed by atoms with van der Waals surface area (Å²) >= 11 is 0. The van der Waals surface area contributed by atoms with E-state index in [0.29, 0.717) is 26.0 Å². The molecule has 0 radical (unpaired) electrons. The second kappa shape index (κ2) is 9.42. The Morgan fingerprint density at radius 2 is 1.89 bits per heavy atom. The van der Waals surface area contributed by atoms with Gasteiger partial charge in [-0.05, 0) is 31.0 Å². The quantitative estimate of drug-likeness (QED) is 0.815. The number of aryl methyl sites for hydroxylation is 1. The van der Waals surface area contributed by atoms with Gasteiger partial charge < -0.3 is 19.7 Å². The number of nitrogens with zero attached hydrogens (tertiary/aromatic N) is 1. The van der Waals surface area contributed by atoms with E-state index in [0.717, 1.165) is 35.7 Å². The number of para-hydroxylation sites is 2. The van der Waals surface area contributed by atoms with Crippen LogP contribution in [0.15, 0.2) is 48.5 Å². The second-order valence-electron chi connectivity index (χ2n) is 6.59. The van der Waals surface area contributed by atoms with E-state index in [4.69, 9.17) is 9.47 Å². The van der Waals surface area contributed by atoms with Crippen LogP contribution in [0, 0.1) is 0 Å². The summed E-state index contributed by atoms with van der Waals surface area (Å²) < 4.78 is 11.2. The van der Waals surface area contributed by atoms with Crippen molar-refractivity contribution in [1.82, 2.24) is 10.2 Å². The predicted molar refractivity (Wildman–Crippen MR) is 106 cm³/mol. The summed E-state index contributed by atoms with van der Waals surface area (Å²) in [7, 11) is 1.67. The van der Waals surface area contributed by atoms with Gasteiger partial charge in [0, 0.05) is 31.6 Å². The van der Waals surface area contributed by atoms with E-state index in [1.165, 1.54) is 0 Å². The second-order valence-corrected chi connectivity index (χ2v) is 6.59. The van der Waals surface area contributed by atoms with Gasteiger partial charge in [0.15, 0.2) is 0 Å². The molecule has 1 amide bonds. The third kappa shape index (κ3) is 4.61. The third-order valence-corrected chi connectivity index (χ3v) is 4.94. The molecule has 1 unspecified atom stereocenters. The van der Waals surface area contributed by atoms with Crippen LogP contribution in [-0.2, 0) is 11.2 Å². The Hall–Kier alpha value is -2.53. The molecule has 2 aromatic carbocycles. The van der Waals surface area contributed by atoms with Crippen molar-refractivity contribution < 1.29 is 14.3 Å². The van der Waals surface area contributed by atoms with Crippen molar-refractivity contribution in [3.63, 3.8) is 0 Å². The maximum absolute atomic E-state index is 13.0. The standard InChI is InChI=1S/C22H28N2O3/c1-3-27-20-10-6-4-8-17(20)12-13-22(25)24-15-14-23-16-19(24)18-9-5-7-11-21(18)26-2/h4-11,19,23H,3,12-16H2,1-2H3. The van der Waals surface area contributed by atoms with E-state index in [9.17, 15) is 4.79 Å². The normalized spacial score (nSPS) is 16.8. The molecule has 0 spiro atoms. The molecular weight excluding hydrogens is 340 g/mol. The summed E-state index contributed by atoms with van der Waals surface area (Å²) in [6.45, 7) is 4.85. The Bertz CT molecular complexity index is 763. The molecular formula is C22H28N2O3. The molecule has 144 valence electrons. The lowest BCUT2D eigenvalue weighted by atomic mass is 10.0. The largest absolute Gasteiger partial charge is 0.496 e. The minimum absolute atomic E-state index is 0.00969. The number of carbonyl (C=O) groups excluding carboxylic acids is 1. The summed E-state index contributed by atoms with van der Waals surface area (Å²) in [5, 5.41) is 3.40. The number of hydrogen-bond acceptors (Lipinski definition) is 4. The van der Waals surface area contributed by atoms with Gasteiger partial charge in [-0.3, -0.25) is 4.79 Å². The zero-order chi connectivity index (χ0) is 19.1. The molecule has 1 saturated heterocycles. The Morgan fingerprint density at radius 1 is 1.15 bits per heavy atom. The van der Waals surface area contributed by atoms with E-state index in [-0.39, 0.29) is 11.9 Å². The number of carbonyl (C=O) groups is 1. The van der Waals surface area contributed by atoms with Crippen LogP contribution in [0.3, 0.4) is 0 Å². The van der Waals surface area contributed by atoms with Gasteiger partial charge in [0.05, 0.1) is 19.8 Å². The zero-order valence-electron chi connectivity index (χ0n) is 16.1. The number of ether oxygens (including phenoxy) is 2. The molecule has 5 heteroatoms. The molecule has 1 atom stereocenters. The van der Waals surface area contributed by atoms with Gasteiger partial charge in [0.1, 0.15) is 11.5 Å². The predicted octanol–water partition coefficient (Wildman–Crippen LogP) is 3.20. The molecule has 0 saturated carbocycles. The van der Waals surface area contributed by atoms with Gasteiger partial charge in [0.25, 0.3) is 0 Å². The average Bonchev–Trinajstić information content (AvgIpc) is 2.73. The molecule has 0 bridgehead atoms. The lowest BCUT2D eigenvalue weighted by molar-refractivity contribution is -0.134. The van der Waals surface area contributed by atoms with Gasteiger partial charge in [-0.25, -0.2) is 0 Å². The fourth-order valence-electron chi connectivity index (χ4n) is 3.61. The fourth-order valence-corrected chi connectivity index (χ4v) is 3.61. The maximum Gasteiger partial charge on any atom is 0.223 e. The summed E-state index contributed by atoms with van der Waals surface area (Å²) in [6, 6.07) is 15.9. The number of rotatable bonds is 7. The highest BCUT2D eigenvalue weighted by Gasteiger charge is 2.29. The summed E-state index contributed by atoms with van der Waals surface area (Å²) in [4.78, 5) is 15.0. The van der Waals surface area contributed by atoms with Crippen molar-refractivity contribution >= 4 is 5.91 Å². The van der Waals surface area contributed by atoms with Crippen molar-refractivity contribution in [2.75, 3.05) is 33.4 Å². The Kier molecular flexibility index (Phi) is 6.71. The third-order valence-electron chi connectivity index (χ3n) is 4.94. The molecule has 2 aromatic rings.